The minimum absolute atomic E-state index is 0.331. The van der Waals surface area contributed by atoms with Gasteiger partial charge in [0, 0.05) is 0 Å². The van der Waals surface area contributed by atoms with E-state index in [0.717, 1.165) is 18.8 Å². The molecule has 0 spiro atoms. The molecule has 0 bridgehead atoms. The van der Waals surface area contributed by atoms with E-state index in [1.807, 2.05) is 12.1 Å². The van der Waals surface area contributed by atoms with E-state index in [4.69, 9.17) is 9.47 Å². The second-order valence-corrected chi connectivity index (χ2v) is 4.47. The zero-order valence-corrected chi connectivity index (χ0v) is 9.40. The van der Waals surface area contributed by atoms with Crippen LogP contribution in [0.2, 0.25) is 0 Å². The number of benzene rings is 1. The van der Waals surface area contributed by atoms with E-state index < -0.39 is 0 Å². The summed E-state index contributed by atoms with van der Waals surface area (Å²) < 4.78 is 10.9. The van der Waals surface area contributed by atoms with Crippen LogP contribution in [0.1, 0.15) is 19.4 Å². The van der Waals surface area contributed by atoms with Gasteiger partial charge in [-0.25, -0.2) is 0 Å². The Morgan fingerprint density at radius 1 is 1.40 bits per heavy atom. The first-order valence-electron chi connectivity index (χ1n) is 5.58. The molecule has 15 heavy (non-hydrogen) atoms. The molecule has 1 heterocycles. The minimum atomic E-state index is 0.331. The van der Waals surface area contributed by atoms with Crippen LogP contribution < -0.4 is 4.74 Å². The van der Waals surface area contributed by atoms with Gasteiger partial charge in [0.15, 0.2) is 0 Å². The van der Waals surface area contributed by atoms with Crippen LogP contribution in [0.5, 0.6) is 5.75 Å². The summed E-state index contributed by atoms with van der Waals surface area (Å²) in [5.41, 5.74) is 1.30. The summed E-state index contributed by atoms with van der Waals surface area (Å²) in [6.45, 7) is 5.99. The molecule has 1 saturated heterocycles. The Labute approximate surface area is 91.2 Å². The second kappa shape index (κ2) is 4.67. The maximum absolute atomic E-state index is 5.74. The fourth-order valence-electron chi connectivity index (χ4n) is 1.60. The molecule has 0 N–H and O–H groups in total. The molecule has 0 radical (unpaired) electrons. The van der Waals surface area contributed by atoms with Crippen molar-refractivity contribution < 1.29 is 9.47 Å². The Bertz CT molecular complexity index is 316. The third-order valence-corrected chi connectivity index (χ3v) is 2.43. The summed E-state index contributed by atoms with van der Waals surface area (Å²) in [6.07, 6.45) is 1.40. The summed E-state index contributed by atoms with van der Waals surface area (Å²) in [5.74, 6) is 1.67. The molecule has 0 aromatic heterocycles. The Balaban J connectivity index is 1.99. The van der Waals surface area contributed by atoms with E-state index in [0.29, 0.717) is 18.6 Å². The molecular weight excluding hydrogens is 188 g/mol. The second-order valence-electron chi connectivity index (χ2n) is 4.47. The first-order chi connectivity index (χ1) is 7.25. The lowest BCUT2D eigenvalue weighted by molar-refractivity contribution is 0.260. The molecule has 1 fully saturated rings. The zero-order chi connectivity index (χ0) is 10.7. The third kappa shape index (κ3) is 3.24. The van der Waals surface area contributed by atoms with E-state index >= 15 is 0 Å². The van der Waals surface area contributed by atoms with Crippen LogP contribution in [0.25, 0.3) is 0 Å². The summed E-state index contributed by atoms with van der Waals surface area (Å²) in [7, 11) is 0. The molecule has 1 atom stereocenters. The highest BCUT2D eigenvalue weighted by molar-refractivity contribution is 5.33. The highest BCUT2D eigenvalue weighted by atomic mass is 16.6. The van der Waals surface area contributed by atoms with Crippen LogP contribution in [-0.4, -0.2) is 19.3 Å². The van der Waals surface area contributed by atoms with Gasteiger partial charge in [-0.3, -0.25) is 0 Å². The summed E-state index contributed by atoms with van der Waals surface area (Å²) in [5, 5.41) is 0. The Kier molecular flexibility index (Phi) is 3.27. The molecule has 0 saturated carbocycles. The van der Waals surface area contributed by atoms with Gasteiger partial charge in [-0.2, -0.15) is 0 Å². The lowest BCUT2D eigenvalue weighted by atomic mass is 10.0. The van der Waals surface area contributed by atoms with E-state index in [9.17, 15) is 0 Å². The van der Waals surface area contributed by atoms with Crippen LogP contribution in [0, 0.1) is 5.92 Å². The maximum atomic E-state index is 5.74. The van der Waals surface area contributed by atoms with Crippen molar-refractivity contribution in [3.63, 3.8) is 0 Å². The predicted molar refractivity (Wildman–Crippen MR) is 60.2 cm³/mol. The van der Waals surface area contributed by atoms with Gasteiger partial charge in [-0.1, -0.05) is 32.0 Å². The van der Waals surface area contributed by atoms with E-state index in [2.05, 4.69) is 26.0 Å². The average molecular weight is 206 g/mol. The third-order valence-electron chi connectivity index (χ3n) is 2.43. The van der Waals surface area contributed by atoms with Crippen LogP contribution in [-0.2, 0) is 11.2 Å². The molecule has 1 aliphatic rings. The first kappa shape index (κ1) is 10.5. The van der Waals surface area contributed by atoms with Gasteiger partial charge >= 0.3 is 0 Å². The maximum Gasteiger partial charge on any atom is 0.122 e. The standard InChI is InChI=1S/C13H18O2/c1-10(2)7-11-5-3-4-6-13(11)15-9-12-8-14-12/h3-6,10,12H,7-9H2,1-2H3. The van der Waals surface area contributed by atoms with Crippen molar-refractivity contribution in [1.82, 2.24) is 0 Å². The monoisotopic (exact) mass is 206 g/mol. The van der Waals surface area contributed by atoms with Gasteiger partial charge in [-0.15, -0.1) is 0 Å². The number of para-hydroxylation sites is 1. The van der Waals surface area contributed by atoms with Gasteiger partial charge in [0.1, 0.15) is 18.5 Å². The SMILES string of the molecule is CC(C)Cc1ccccc1OCC1CO1. The molecule has 2 rings (SSSR count). The van der Waals surface area contributed by atoms with Gasteiger partial charge in [0.25, 0.3) is 0 Å². The van der Waals surface area contributed by atoms with E-state index in [1.54, 1.807) is 0 Å². The molecule has 0 aliphatic carbocycles. The average Bonchev–Trinajstić information content (AvgIpc) is 2.99. The fraction of sp³-hybridized carbons (Fsp3) is 0.538. The topological polar surface area (TPSA) is 21.8 Å². The van der Waals surface area contributed by atoms with Gasteiger partial charge in [-0.05, 0) is 24.0 Å². The Morgan fingerprint density at radius 3 is 2.80 bits per heavy atom. The van der Waals surface area contributed by atoms with Crippen LogP contribution in [0.3, 0.4) is 0 Å². The molecule has 1 unspecified atom stereocenters. The fourth-order valence-corrected chi connectivity index (χ4v) is 1.60. The van der Waals surface area contributed by atoms with Crippen LogP contribution in [0.4, 0.5) is 0 Å². The Hall–Kier alpha value is -1.02. The highest BCUT2D eigenvalue weighted by Gasteiger charge is 2.23. The first-order valence-corrected chi connectivity index (χ1v) is 5.58. The quantitative estimate of drug-likeness (QED) is 0.691. The predicted octanol–water partition coefficient (Wildman–Crippen LogP) is 2.66. The lowest BCUT2D eigenvalue weighted by Gasteiger charge is -2.11. The number of ether oxygens (including phenoxy) is 2. The van der Waals surface area contributed by atoms with Crippen molar-refractivity contribution in [3.05, 3.63) is 29.8 Å². The van der Waals surface area contributed by atoms with Gasteiger partial charge in [0.05, 0.1) is 6.61 Å². The van der Waals surface area contributed by atoms with Crippen LogP contribution in [0.15, 0.2) is 24.3 Å². The molecule has 82 valence electrons. The van der Waals surface area contributed by atoms with Gasteiger partial charge in [0.2, 0.25) is 0 Å². The summed E-state index contributed by atoms with van der Waals surface area (Å²) in [6, 6.07) is 8.27. The number of rotatable bonds is 5. The van der Waals surface area contributed by atoms with Crippen molar-refractivity contribution in [2.75, 3.05) is 13.2 Å². The molecule has 1 aromatic carbocycles. The largest absolute Gasteiger partial charge is 0.491 e. The lowest BCUT2D eigenvalue weighted by Crippen LogP contribution is -2.06. The van der Waals surface area contributed by atoms with Gasteiger partial charge < -0.3 is 9.47 Å². The van der Waals surface area contributed by atoms with Crippen molar-refractivity contribution in [2.45, 2.75) is 26.4 Å². The van der Waals surface area contributed by atoms with E-state index in [-0.39, 0.29) is 0 Å². The highest BCUT2D eigenvalue weighted by Crippen LogP contribution is 2.22. The van der Waals surface area contributed by atoms with Crippen molar-refractivity contribution >= 4 is 0 Å². The molecule has 2 nitrogen and oxygen atoms in total. The molecule has 1 aromatic rings. The summed E-state index contributed by atoms with van der Waals surface area (Å²) >= 11 is 0. The minimum Gasteiger partial charge on any atom is -0.491 e. The van der Waals surface area contributed by atoms with Crippen molar-refractivity contribution in [1.29, 1.82) is 0 Å². The number of epoxide rings is 1. The number of hydrogen-bond donors (Lipinski definition) is 0. The molecular formula is C13H18O2. The Morgan fingerprint density at radius 2 is 2.13 bits per heavy atom. The van der Waals surface area contributed by atoms with Crippen molar-refractivity contribution in [2.24, 2.45) is 5.92 Å². The van der Waals surface area contributed by atoms with Crippen LogP contribution >= 0.6 is 0 Å². The van der Waals surface area contributed by atoms with E-state index in [1.165, 1.54) is 5.56 Å². The smallest absolute Gasteiger partial charge is 0.122 e. The normalized spacial score (nSPS) is 19.3. The van der Waals surface area contributed by atoms with Crippen molar-refractivity contribution in [3.8, 4) is 5.75 Å². The number of hydrogen-bond acceptors (Lipinski definition) is 2. The molecule has 2 heteroatoms. The summed E-state index contributed by atoms with van der Waals surface area (Å²) in [4.78, 5) is 0. The zero-order valence-electron chi connectivity index (χ0n) is 9.40. The molecule has 1 aliphatic heterocycles. The molecule has 0 amide bonds.